The van der Waals surface area contributed by atoms with E-state index in [4.69, 9.17) is 17.0 Å². The van der Waals surface area contributed by atoms with Gasteiger partial charge in [0.25, 0.3) is 0 Å². The van der Waals surface area contributed by atoms with Gasteiger partial charge in [0.15, 0.2) is 10.6 Å². The largest absolute Gasteiger partial charge is 0.486 e. The Morgan fingerprint density at radius 3 is 2.71 bits per heavy atom. The highest BCUT2D eigenvalue weighted by Crippen LogP contribution is 2.18. The van der Waals surface area contributed by atoms with Crippen LogP contribution in [0.1, 0.15) is 5.82 Å². The SMILES string of the molecule is S=c1[nH]nc(COc2ccccc2)n1-c1cccc(Br)c1. The average Bonchev–Trinajstić information content (AvgIpc) is 2.87. The molecule has 1 heterocycles. The molecule has 2 aromatic carbocycles. The van der Waals surface area contributed by atoms with E-state index < -0.39 is 0 Å². The molecule has 0 spiro atoms. The van der Waals surface area contributed by atoms with E-state index in [9.17, 15) is 0 Å². The van der Waals surface area contributed by atoms with Crippen molar-refractivity contribution < 1.29 is 4.74 Å². The number of hydrogen-bond acceptors (Lipinski definition) is 3. The molecule has 1 aromatic heterocycles. The van der Waals surface area contributed by atoms with Crippen molar-refractivity contribution >= 4 is 28.1 Å². The molecule has 21 heavy (non-hydrogen) atoms. The first-order chi connectivity index (χ1) is 10.2. The summed E-state index contributed by atoms with van der Waals surface area (Å²) in [5.74, 6) is 1.52. The molecule has 0 amide bonds. The second kappa shape index (κ2) is 6.24. The highest BCUT2D eigenvalue weighted by molar-refractivity contribution is 9.10. The summed E-state index contributed by atoms with van der Waals surface area (Å²) in [5.41, 5.74) is 0.940. The monoisotopic (exact) mass is 361 g/mol. The quantitative estimate of drug-likeness (QED) is 0.705. The van der Waals surface area contributed by atoms with E-state index in [1.54, 1.807) is 0 Å². The zero-order chi connectivity index (χ0) is 14.7. The van der Waals surface area contributed by atoms with E-state index in [2.05, 4.69) is 26.1 Å². The highest BCUT2D eigenvalue weighted by atomic mass is 79.9. The Kier molecular flexibility index (Phi) is 4.17. The fraction of sp³-hybridized carbons (Fsp3) is 0.0667. The Morgan fingerprint density at radius 2 is 1.95 bits per heavy atom. The summed E-state index contributed by atoms with van der Waals surface area (Å²) in [6, 6.07) is 17.5. The number of nitrogens with one attached hydrogen (secondary N) is 1. The van der Waals surface area contributed by atoms with Gasteiger partial charge in [0, 0.05) is 4.47 Å². The van der Waals surface area contributed by atoms with E-state index in [0.717, 1.165) is 21.7 Å². The summed E-state index contributed by atoms with van der Waals surface area (Å²) >= 11 is 8.77. The summed E-state index contributed by atoms with van der Waals surface area (Å²) in [6.07, 6.45) is 0. The van der Waals surface area contributed by atoms with Gasteiger partial charge >= 0.3 is 0 Å². The number of hydrogen-bond donors (Lipinski definition) is 1. The summed E-state index contributed by atoms with van der Waals surface area (Å²) in [4.78, 5) is 0. The summed E-state index contributed by atoms with van der Waals surface area (Å²) in [5, 5.41) is 7.05. The van der Waals surface area contributed by atoms with Gasteiger partial charge in [-0.2, -0.15) is 5.10 Å². The number of aromatic nitrogens is 3. The molecule has 0 aliphatic carbocycles. The summed E-state index contributed by atoms with van der Waals surface area (Å²) in [6.45, 7) is 0.337. The number of nitrogens with zero attached hydrogens (tertiary/aromatic N) is 2. The number of aromatic amines is 1. The van der Waals surface area contributed by atoms with Crippen LogP contribution in [0, 0.1) is 4.77 Å². The van der Waals surface area contributed by atoms with E-state index in [1.165, 1.54) is 0 Å². The molecular formula is C15H12BrN3OS. The third kappa shape index (κ3) is 3.22. The van der Waals surface area contributed by atoms with Crippen molar-refractivity contribution in [2.75, 3.05) is 0 Å². The molecule has 0 saturated carbocycles. The van der Waals surface area contributed by atoms with Gasteiger partial charge in [-0.1, -0.05) is 40.2 Å². The number of benzene rings is 2. The molecule has 0 aliphatic heterocycles. The standard InChI is InChI=1S/C15H12BrN3OS/c16-11-5-4-6-12(9-11)19-14(17-18-15(19)21)10-20-13-7-2-1-3-8-13/h1-9H,10H2,(H,18,21). The second-order valence-electron chi connectivity index (χ2n) is 4.36. The zero-order valence-electron chi connectivity index (χ0n) is 11.0. The second-order valence-corrected chi connectivity index (χ2v) is 5.66. The molecule has 0 fully saturated rings. The van der Waals surface area contributed by atoms with Crippen molar-refractivity contribution in [3.05, 3.63) is 69.7 Å². The van der Waals surface area contributed by atoms with Gasteiger partial charge < -0.3 is 4.74 Å². The molecular weight excluding hydrogens is 350 g/mol. The van der Waals surface area contributed by atoms with Crippen molar-refractivity contribution in [1.29, 1.82) is 0 Å². The molecule has 0 radical (unpaired) electrons. The first kappa shape index (κ1) is 14.0. The minimum atomic E-state index is 0.337. The molecule has 0 bridgehead atoms. The first-order valence-electron chi connectivity index (χ1n) is 6.34. The van der Waals surface area contributed by atoms with Gasteiger partial charge in [-0.3, -0.25) is 9.67 Å². The third-order valence-electron chi connectivity index (χ3n) is 2.92. The maximum absolute atomic E-state index is 5.74. The van der Waals surface area contributed by atoms with E-state index in [0.29, 0.717) is 11.4 Å². The van der Waals surface area contributed by atoms with Crippen LogP contribution in [0.4, 0.5) is 0 Å². The molecule has 1 N–H and O–H groups in total. The molecule has 0 aliphatic rings. The van der Waals surface area contributed by atoms with Gasteiger partial charge in [0.2, 0.25) is 0 Å². The van der Waals surface area contributed by atoms with Gasteiger partial charge in [-0.25, -0.2) is 0 Å². The first-order valence-corrected chi connectivity index (χ1v) is 7.54. The lowest BCUT2D eigenvalue weighted by Crippen LogP contribution is -2.05. The number of rotatable bonds is 4. The molecule has 3 aromatic rings. The Balaban J connectivity index is 1.89. The van der Waals surface area contributed by atoms with Crippen LogP contribution in [0.2, 0.25) is 0 Å². The van der Waals surface area contributed by atoms with Crippen LogP contribution in [-0.4, -0.2) is 14.8 Å². The van der Waals surface area contributed by atoms with Crippen LogP contribution in [-0.2, 0) is 6.61 Å². The van der Waals surface area contributed by atoms with E-state index in [1.807, 2.05) is 59.2 Å². The number of ether oxygens (including phenoxy) is 1. The fourth-order valence-corrected chi connectivity index (χ4v) is 2.62. The van der Waals surface area contributed by atoms with E-state index >= 15 is 0 Å². The van der Waals surface area contributed by atoms with Crippen molar-refractivity contribution in [1.82, 2.24) is 14.8 Å². The van der Waals surface area contributed by atoms with Crippen LogP contribution in [0.3, 0.4) is 0 Å². The molecule has 6 heteroatoms. The fourth-order valence-electron chi connectivity index (χ4n) is 1.97. The molecule has 0 saturated heterocycles. The molecule has 4 nitrogen and oxygen atoms in total. The predicted molar refractivity (Wildman–Crippen MR) is 87.2 cm³/mol. The van der Waals surface area contributed by atoms with Crippen molar-refractivity contribution in [2.45, 2.75) is 6.61 Å². The minimum absolute atomic E-state index is 0.337. The minimum Gasteiger partial charge on any atom is -0.486 e. The smallest absolute Gasteiger partial charge is 0.199 e. The van der Waals surface area contributed by atoms with Crippen LogP contribution in [0.5, 0.6) is 5.75 Å². The highest BCUT2D eigenvalue weighted by Gasteiger charge is 2.09. The molecule has 106 valence electrons. The van der Waals surface area contributed by atoms with Crippen LogP contribution in [0.15, 0.2) is 59.1 Å². The average molecular weight is 362 g/mol. The van der Waals surface area contributed by atoms with Crippen molar-refractivity contribution in [3.8, 4) is 11.4 Å². The number of para-hydroxylation sites is 1. The van der Waals surface area contributed by atoms with Gasteiger partial charge in [0.05, 0.1) is 5.69 Å². The van der Waals surface area contributed by atoms with Gasteiger partial charge in [-0.05, 0) is 42.5 Å². The van der Waals surface area contributed by atoms with Crippen LogP contribution in [0.25, 0.3) is 5.69 Å². The molecule has 3 rings (SSSR count). The maximum atomic E-state index is 5.74. The molecule has 0 unspecified atom stereocenters. The summed E-state index contributed by atoms with van der Waals surface area (Å²) < 4.78 is 9.13. The predicted octanol–water partition coefficient (Wildman–Crippen LogP) is 4.27. The topological polar surface area (TPSA) is 42.8 Å². The normalized spacial score (nSPS) is 10.5. The number of H-pyrrole nitrogens is 1. The van der Waals surface area contributed by atoms with Gasteiger partial charge in [0.1, 0.15) is 12.4 Å². The van der Waals surface area contributed by atoms with E-state index in [-0.39, 0.29) is 0 Å². The van der Waals surface area contributed by atoms with Crippen molar-refractivity contribution in [3.63, 3.8) is 0 Å². The van der Waals surface area contributed by atoms with Gasteiger partial charge in [-0.15, -0.1) is 0 Å². The van der Waals surface area contributed by atoms with Crippen molar-refractivity contribution in [2.24, 2.45) is 0 Å². The zero-order valence-corrected chi connectivity index (χ0v) is 13.4. The lowest BCUT2D eigenvalue weighted by Gasteiger charge is -2.08. The Bertz CT molecular complexity index is 798. The lowest BCUT2D eigenvalue weighted by atomic mass is 10.3. The van der Waals surface area contributed by atoms with Crippen LogP contribution >= 0.6 is 28.1 Å². The van der Waals surface area contributed by atoms with Crippen LogP contribution < -0.4 is 4.74 Å². The maximum Gasteiger partial charge on any atom is 0.199 e. The lowest BCUT2D eigenvalue weighted by molar-refractivity contribution is 0.293. The Labute approximate surface area is 135 Å². The number of halogens is 1. The summed E-state index contributed by atoms with van der Waals surface area (Å²) in [7, 11) is 0. The Hall–Kier alpha value is -1.92. The Morgan fingerprint density at radius 1 is 1.14 bits per heavy atom. The third-order valence-corrected chi connectivity index (χ3v) is 3.69. The molecule has 0 atom stereocenters.